The number of hydrogen-bond acceptors (Lipinski definition) is 2. The van der Waals surface area contributed by atoms with E-state index in [0.29, 0.717) is 0 Å². The van der Waals surface area contributed by atoms with Gasteiger partial charge in [0.05, 0.1) is 11.1 Å². The Labute approximate surface area is 128 Å². The molecule has 1 aliphatic rings. The second-order valence-electron chi connectivity index (χ2n) is 6.85. The summed E-state index contributed by atoms with van der Waals surface area (Å²) in [5.74, 6) is -2.22. The Kier molecular flexibility index (Phi) is 3.55. The predicted octanol–water partition coefficient (Wildman–Crippen LogP) is 3.36. The Morgan fingerprint density at radius 2 is 2.14 bits per heavy atom. The molecular weight excluding hydrogens is 304 g/mol. The molecule has 2 aromatic heterocycles. The Bertz CT molecular complexity index is 757. The number of carbonyl (C=O) groups is 1. The number of fused-ring (bicyclic) bond motifs is 1. The number of nitrogens with one attached hydrogen (secondary N) is 2. The third-order valence-electron chi connectivity index (χ3n) is 4.37. The number of halogens is 2. The highest BCUT2D eigenvalue weighted by molar-refractivity contribution is 6.78. The summed E-state index contributed by atoms with van der Waals surface area (Å²) in [6.45, 7) is 6.02. The summed E-state index contributed by atoms with van der Waals surface area (Å²) in [5.41, 5.74) is 0.391. The fourth-order valence-corrected chi connectivity index (χ4v) is 6.11. The van der Waals surface area contributed by atoms with Crippen LogP contribution < -0.4 is 5.32 Å². The van der Waals surface area contributed by atoms with Gasteiger partial charge in [0.2, 0.25) is 0 Å². The number of pyridine rings is 1. The van der Waals surface area contributed by atoms with Crippen molar-refractivity contribution in [1.82, 2.24) is 15.3 Å². The van der Waals surface area contributed by atoms with Crippen LogP contribution in [-0.2, 0) is 0 Å². The molecule has 1 fully saturated rings. The monoisotopic (exact) mass is 323 g/mol. The molecule has 3 heterocycles. The second kappa shape index (κ2) is 5.15. The predicted molar refractivity (Wildman–Crippen MR) is 83.7 cm³/mol. The summed E-state index contributed by atoms with van der Waals surface area (Å²) in [6, 6.07) is 3.76. The number of aromatic amines is 1. The van der Waals surface area contributed by atoms with E-state index in [1.165, 1.54) is 19.0 Å². The molecule has 1 atom stereocenters. The van der Waals surface area contributed by atoms with E-state index in [2.05, 4.69) is 28.4 Å². The molecule has 1 amide bonds. The van der Waals surface area contributed by atoms with Gasteiger partial charge in [0, 0.05) is 14.1 Å². The van der Waals surface area contributed by atoms with Crippen molar-refractivity contribution in [3.8, 4) is 0 Å². The number of carbonyl (C=O) groups excluding carboxylic acids is 1. The van der Waals surface area contributed by atoms with Gasteiger partial charge in [0.25, 0.3) is 5.91 Å². The van der Waals surface area contributed by atoms with Crippen LogP contribution in [0.5, 0.6) is 0 Å². The summed E-state index contributed by atoms with van der Waals surface area (Å²) in [7, 11) is -1.17. The van der Waals surface area contributed by atoms with Gasteiger partial charge in [-0.2, -0.15) is 0 Å². The molecule has 4 nitrogen and oxygen atoms in total. The van der Waals surface area contributed by atoms with Crippen LogP contribution in [0, 0.1) is 18.6 Å². The number of aromatic nitrogens is 2. The molecule has 0 spiro atoms. The van der Waals surface area contributed by atoms with E-state index in [-0.39, 0.29) is 34.4 Å². The van der Waals surface area contributed by atoms with Gasteiger partial charge < -0.3 is 10.3 Å². The SMILES string of the molecule is Cc1nc2[nH]c(C(=O)NC3CC[Si](C)(C)C3)cc2c(F)c1F. The van der Waals surface area contributed by atoms with Crippen LogP contribution in [0.25, 0.3) is 11.0 Å². The van der Waals surface area contributed by atoms with E-state index in [9.17, 15) is 13.6 Å². The smallest absolute Gasteiger partial charge is 0.267 e. The summed E-state index contributed by atoms with van der Waals surface area (Å²) < 4.78 is 27.4. The average Bonchev–Trinajstić information content (AvgIpc) is 3.00. The summed E-state index contributed by atoms with van der Waals surface area (Å²) in [5, 5.41) is 2.99. The molecule has 0 radical (unpaired) electrons. The lowest BCUT2D eigenvalue weighted by atomic mass is 10.2. The van der Waals surface area contributed by atoms with Crippen molar-refractivity contribution >= 4 is 25.0 Å². The molecule has 1 saturated heterocycles. The highest BCUT2D eigenvalue weighted by Crippen LogP contribution is 2.30. The maximum atomic E-state index is 13.9. The fraction of sp³-hybridized carbons (Fsp3) is 0.467. The van der Waals surface area contributed by atoms with Crippen molar-refractivity contribution in [2.45, 2.75) is 44.6 Å². The van der Waals surface area contributed by atoms with Crippen molar-refractivity contribution in [3.63, 3.8) is 0 Å². The zero-order chi connectivity index (χ0) is 16.1. The molecule has 1 unspecified atom stereocenters. The van der Waals surface area contributed by atoms with Gasteiger partial charge in [0.1, 0.15) is 11.3 Å². The van der Waals surface area contributed by atoms with E-state index in [4.69, 9.17) is 0 Å². The van der Waals surface area contributed by atoms with Gasteiger partial charge >= 0.3 is 0 Å². The average molecular weight is 323 g/mol. The van der Waals surface area contributed by atoms with Gasteiger partial charge in [-0.25, -0.2) is 13.8 Å². The third-order valence-corrected chi connectivity index (χ3v) is 7.61. The van der Waals surface area contributed by atoms with Crippen LogP contribution in [0.2, 0.25) is 25.2 Å². The highest BCUT2D eigenvalue weighted by Gasteiger charge is 2.33. The van der Waals surface area contributed by atoms with Crippen molar-refractivity contribution in [2.24, 2.45) is 0 Å². The molecular formula is C15H19F2N3OSi. The van der Waals surface area contributed by atoms with Gasteiger partial charge in [0.15, 0.2) is 11.6 Å². The fourth-order valence-electron chi connectivity index (χ4n) is 3.14. The van der Waals surface area contributed by atoms with Crippen molar-refractivity contribution in [2.75, 3.05) is 0 Å². The van der Waals surface area contributed by atoms with Crippen molar-refractivity contribution in [3.05, 3.63) is 29.1 Å². The Balaban J connectivity index is 1.84. The summed E-state index contributed by atoms with van der Waals surface area (Å²) in [6.07, 6.45) is 0.992. The van der Waals surface area contributed by atoms with E-state index in [0.717, 1.165) is 12.5 Å². The lowest BCUT2D eigenvalue weighted by Crippen LogP contribution is -2.34. The molecule has 0 aliphatic carbocycles. The van der Waals surface area contributed by atoms with E-state index < -0.39 is 19.7 Å². The first kappa shape index (κ1) is 15.1. The number of hydrogen-bond donors (Lipinski definition) is 2. The van der Waals surface area contributed by atoms with Crippen LogP contribution >= 0.6 is 0 Å². The number of rotatable bonds is 2. The van der Waals surface area contributed by atoms with Crippen LogP contribution in [-0.4, -0.2) is 30.0 Å². The quantitative estimate of drug-likeness (QED) is 0.833. The van der Waals surface area contributed by atoms with Gasteiger partial charge in [-0.1, -0.05) is 19.1 Å². The first-order chi connectivity index (χ1) is 10.3. The topological polar surface area (TPSA) is 57.8 Å². The zero-order valence-electron chi connectivity index (χ0n) is 12.9. The van der Waals surface area contributed by atoms with Gasteiger partial charge in [-0.15, -0.1) is 0 Å². The Morgan fingerprint density at radius 1 is 1.41 bits per heavy atom. The third kappa shape index (κ3) is 2.65. The molecule has 0 saturated carbocycles. The van der Waals surface area contributed by atoms with Crippen molar-refractivity contribution < 1.29 is 13.6 Å². The van der Waals surface area contributed by atoms with Gasteiger partial charge in [-0.3, -0.25) is 4.79 Å². The largest absolute Gasteiger partial charge is 0.348 e. The number of nitrogens with zero attached hydrogens (tertiary/aromatic N) is 1. The lowest BCUT2D eigenvalue weighted by Gasteiger charge is -2.15. The highest BCUT2D eigenvalue weighted by atomic mass is 28.3. The van der Waals surface area contributed by atoms with Gasteiger partial charge in [-0.05, 0) is 25.5 Å². The minimum absolute atomic E-state index is 0.00868. The minimum Gasteiger partial charge on any atom is -0.348 e. The Hall–Kier alpha value is -1.76. The first-order valence-electron chi connectivity index (χ1n) is 7.42. The molecule has 2 N–H and O–H groups in total. The van der Waals surface area contributed by atoms with Crippen LogP contribution in [0.1, 0.15) is 22.6 Å². The summed E-state index contributed by atoms with van der Waals surface area (Å²) >= 11 is 0. The molecule has 0 aromatic carbocycles. The van der Waals surface area contributed by atoms with Crippen LogP contribution in [0.3, 0.4) is 0 Å². The minimum atomic E-state index is -1.17. The maximum absolute atomic E-state index is 13.9. The van der Waals surface area contributed by atoms with Crippen LogP contribution in [0.15, 0.2) is 6.07 Å². The Morgan fingerprint density at radius 3 is 2.77 bits per heavy atom. The maximum Gasteiger partial charge on any atom is 0.267 e. The first-order valence-corrected chi connectivity index (χ1v) is 10.8. The molecule has 3 rings (SSSR count). The van der Waals surface area contributed by atoms with E-state index >= 15 is 0 Å². The molecule has 7 heteroatoms. The molecule has 118 valence electrons. The lowest BCUT2D eigenvalue weighted by molar-refractivity contribution is 0.0936. The number of amides is 1. The zero-order valence-corrected chi connectivity index (χ0v) is 13.9. The van der Waals surface area contributed by atoms with Crippen LogP contribution in [0.4, 0.5) is 8.78 Å². The molecule has 2 aromatic rings. The molecule has 1 aliphatic heterocycles. The molecule has 22 heavy (non-hydrogen) atoms. The number of aryl methyl sites for hydroxylation is 1. The second-order valence-corrected chi connectivity index (χ2v) is 12.1. The standard InChI is InChI=1S/C15H19F2N3OSi/c1-8-12(16)13(17)10-6-11(20-14(10)18-8)15(21)19-9-4-5-22(2,3)7-9/h6,9H,4-5,7H2,1-3H3,(H,18,20)(H,19,21). The normalized spacial score (nSPS) is 20.5. The molecule has 0 bridgehead atoms. The number of H-pyrrole nitrogens is 1. The van der Waals surface area contributed by atoms with Crippen molar-refractivity contribution in [1.29, 1.82) is 0 Å². The summed E-state index contributed by atoms with van der Waals surface area (Å²) in [4.78, 5) is 19.0. The van der Waals surface area contributed by atoms with E-state index in [1.54, 1.807) is 0 Å². The van der Waals surface area contributed by atoms with E-state index in [1.807, 2.05) is 0 Å².